The quantitative estimate of drug-likeness (QED) is 0.750. The normalized spacial score (nSPS) is 16.2. The summed E-state index contributed by atoms with van der Waals surface area (Å²) in [6.07, 6.45) is 0.454. The smallest absolute Gasteiger partial charge is 0.332 e. The van der Waals surface area contributed by atoms with Gasteiger partial charge in [0.2, 0.25) is 5.91 Å². The van der Waals surface area contributed by atoms with Gasteiger partial charge in [-0.1, -0.05) is 19.1 Å². The van der Waals surface area contributed by atoms with Gasteiger partial charge in [0.15, 0.2) is 0 Å². The average Bonchev–Trinajstić information content (AvgIpc) is 2.72. The Hall–Kier alpha value is -2.45. The summed E-state index contributed by atoms with van der Waals surface area (Å²) in [6.45, 7) is 8.29. The molecule has 1 aliphatic rings. The Morgan fingerprint density at radius 1 is 1.18 bits per heavy atom. The maximum Gasteiger partial charge on any atom is 0.332 e. The first kappa shape index (κ1) is 20.3. The van der Waals surface area contributed by atoms with Crippen LogP contribution >= 0.6 is 0 Å². The van der Waals surface area contributed by atoms with Crippen LogP contribution in [0.2, 0.25) is 0 Å². The minimum Gasteiger partial charge on any atom is -0.379 e. The van der Waals surface area contributed by atoms with Crippen LogP contribution < -0.4 is 16.6 Å². The van der Waals surface area contributed by atoms with Crippen LogP contribution in [-0.2, 0) is 16.1 Å². The van der Waals surface area contributed by atoms with Crippen LogP contribution in [0.15, 0.2) is 33.9 Å². The molecule has 0 spiro atoms. The van der Waals surface area contributed by atoms with E-state index < -0.39 is 11.7 Å². The number of ether oxygens (including phenoxy) is 1. The van der Waals surface area contributed by atoms with Crippen molar-refractivity contribution in [2.24, 2.45) is 0 Å². The summed E-state index contributed by atoms with van der Waals surface area (Å²) in [5.41, 5.74) is -0.263. The second-order valence-corrected chi connectivity index (χ2v) is 6.89. The molecule has 0 saturated carbocycles. The highest BCUT2D eigenvalue weighted by atomic mass is 16.5. The first-order valence-corrected chi connectivity index (χ1v) is 9.90. The predicted octanol–water partition coefficient (Wildman–Crippen LogP) is 0.583. The molecule has 0 radical (unpaired) electrons. The molecule has 0 unspecified atom stereocenters. The summed E-state index contributed by atoms with van der Waals surface area (Å²) in [6, 6.07) is 6.30. The molecule has 8 heteroatoms. The summed E-state index contributed by atoms with van der Waals surface area (Å²) in [7, 11) is 0. The molecule has 28 heavy (non-hydrogen) atoms. The van der Waals surface area contributed by atoms with Gasteiger partial charge < -0.3 is 10.1 Å². The van der Waals surface area contributed by atoms with E-state index in [0.29, 0.717) is 37.1 Å². The Morgan fingerprint density at radius 2 is 1.89 bits per heavy atom. The number of nitrogens with one attached hydrogen (secondary N) is 1. The molecule has 1 aliphatic heterocycles. The summed E-state index contributed by atoms with van der Waals surface area (Å²) >= 11 is 0. The van der Waals surface area contributed by atoms with E-state index in [0.717, 1.165) is 19.6 Å². The zero-order valence-electron chi connectivity index (χ0n) is 16.5. The highest BCUT2D eigenvalue weighted by Crippen LogP contribution is 2.16. The highest BCUT2D eigenvalue weighted by Gasteiger charge is 2.24. The number of benzene rings is 1. The fourth-order valence-corrected chi connectivity index (χ4v) is 3.68. The van der Waals surface area contributed by atoms with Crippen LogP contribution in [0.1, 0.15) is 26.3 Å². The van der Waals surface area contributed by atoms with Gasteiger partial charge in [0.25, 0.3) is 5.56 Å². The minimum absolute atomic E-state index is 0.204. The molecule has 1 aromatic heterocycles. The fraction of sp³-hybridized carbons (Fsp3) is 0.550. The van der Waals surface area contributed by atoms with E-state index in [1.54, 1.807) is 31.2 Å². The Bertz CT molecular complexity index is 943. The van der Waals surface area contributed by atoms with Gasteiger partial charge in [-0.15, -0.1) is 0 Å². The number of aromatic nitrogens is 2. The third-order valence-electron chi connectivity index (χ3n) is 5.22. The number of amides is 1. The van der Waals surface area contributed by atoms with Crippen molar-refractivity contribution in [1.29, 1.82) is 0 Å². The molecular formula is C20H28N4O4. The maximum atomic E-state index is 13.0. The van der Waals surface area contributed by atoms with Crippen molar-refractivity contribution in [2.75, 3.05) is 39.4 Å². The van der Waals surface area contributed by atoms with E-state index in [9.17, 15) is 14.4 Å². The molecule has 8 nitrogen and oxygen atoms in total. The zero-order valence-corrected chi connectivity index (χ0v) is 16.5. The zero-order chi connectivity index (χ0) is 20.1. The number of hydrogen-bond donors (Lipinski definition) is 1. The molecule has 2 heterocycles. The van der Waals surface area contributed by atoms with Gasteiger partial charge in [0.1, 0.15) is 6.04 Å². The second-order valence-electron chi connectivity index (χ2n) is 6.89. The molecule has 1 N–H and O–H groups in total. The topological polar surface area (TPSA) is 85.6 Å². The largest absolute Gasteiger partial charge is 0.379 e. The van der Waals surface area contributed by atoms with E-state index in [2.05, 4.69) is 10.2 Å². The van der Waals surface area contributed by atoms with Gasteiger partial charge in [-0.2, -0.15) is 0 Å². The third kappa shape index (κ3) is 4.02. The number of morpholine rings is 1. The highest BCUT2D eigenvalue weighted by molar-refractivity contribution is 5.84. The third-order valence-corrected chi connectivity index (χ3v) is 5.22. The molecular weight excluding hydrogens is 360 g/mol. The van der Waals surface area contributed by atoms with Crippen LogP contribution in [0.3, 0.4) is 0 Å². The summed E-state index contributed by atoms with van der Waals surface area (Å²) < 4.78 is 7.98. The van der Waals surface area contributed by atoms with Crippen LogP contribution in [0.25, 0.3) is 10.9 Å². The number of carbonyl (C=O) groups excluding carboxylic acids is 1. The van der Waals surface area contributed by atoms with Crippen LogP contribution in [0.4, 0.5) is 0 Å². The SMILES string of the molecule is CC[C@@H](C(=O)NCCN1CCOCC1)n1c(=O)n(CC)c(=O)c2ccccc21. The van der Waals surface area contributed by atoms with E-state index >= 15 is 0 Å². The van der Waals surface area contributed by atoms with Crippen molar-refractivity contribution in [3.05, 3.63) is 45.1 Å². The maximum absolute atomic E-state index is 13.0. The van der Waals surface area contributed by atoms with E-state index in [1.807, 2.05) is 6.92 Å². The molecule has 0 aliphatic carbocycles. The standard InChI is InChI=1S/C20H28N4O4/c1-3-16(18(25)21-9-10-22-11-13-28-14-12-22)24-17-8-6-5-7-15(17)19(26)23(4-2)20(24)27/h5-8,16H,3-4,9-14H2,1-2H3,(H,21,25)/t16-/m0/s1. The Labute approximate surface area is 163 Å². The number of nitrogens with zero attached hydrogens (tertiary/aromatic N) is 3. The molecule has 2 aromatic rings. The summed E-state index contributed by atoms with van der Waals surface area (Å²) in [5, 5.41) is 3.40. The molecule has 1 aromatic carbocycles. The molecule has 0 bridgehead atoms. The number of hydrogen-bond acceptors (Lipinski definition) is 5. The number of carbonyl (C=O) groups is 1. The molecule has 152 valence electrons. The predicted molar refractivity (Wildman–Crippen MR) is 108 cm³/mol. The number of fused-ring (bicyclic) bond motifs is 1. The lowest BCUT2D eigenvalue weighted by molar-refractivity contribution is -0.124. The van der Waals surface area contributed by atoms with Gasteiger partial charge in [-0.05, 0) is 25.5 Å². The van der Waals surface area contributed by atoms with Gasteiger partial charge >= 0.3 is 5.69 Å². The molecule has 1 saturated heterocycles. The Morgan fingerprint density at radius 3 is 2.57 bits per heavy atom. The lowest BCUT2D eigenvalue weighted by atomic mass is 10.1. The summed E-state index contributed by atoms with van der Waals surface area (Å²) in [4.78, 5) is 40.7. The van der Waals surface area contributed by atoms with Crippen LogP contribution in [-0.4, -0.2) is 59.3 Å². The van der Waals surface area contributed by atoms with Crippen molar-refractivity contribution >= 4 is 16.8 Å². The average molecular weight is 388 g/mol. The van der Waals surface area contributed by atoms with Crippen molar-refractivity contribution < 1.29 is 9.53 Å². The fourth-order valence-electron chi connectivity index (χ4n) is 3.68. The number of rotatable bonds is 7. The molecule has 1 atom stereocenters. The summed E-state index contributed by atoms with van der Waals surface area (Å²) in [5.74, 6) is -0.204. The minimum atomic E-state index is -0.666. The van der Waals surface area contributed by atoms with Crippen LogP contribution in [0, 0.1) is 0 Å². The van der Waals surface area contributed by atoms with Gasteiger partial charge in [0.05, 0.1) is 24.1 Å². The van der Waals surface area contributed by atoms with Crippen LogP contribution in [0.5, 0.6) is 0 Å². The Balaban J connectivity index is 1.87. The lowest BCUT2D eigenvalue weighted by Gasteiger charge is -2.27. The molecule has 1 amide bonds. The Kier molecular flexibility index (Phi) is 6.64. The first-order chi connectivity index (χ1) is 13.6. The van der Waals surface area contributed by atoms with E-state index in [-0.39, 0.29) is 18.0 Å². The molecule has 1 fully saturated rings. The first-order valence-electron chi connectivity index (χ1n) is 9.90. The number of para-hydroxylation sites is 1. The van der Waals surface area contributed by atoms with Gasteiger partial charge in [0, 0.05) is 32.7 Å². The monoisotopic (exact) mass is 388 g/mol. The van der Waals surface area contributed by atoms with Crippen molar-refractivity contribution in [2.45, 2.75) is 32.9 Å². The van der Waals surface area contributed by atoms with E-state index in [1.165, 1.54) is 9.13 Å². The van der Waals surface area contributed by atoms with Gasteiger partial charge in [-0.3, -0.25) is 23.6 Å². The van der Waals surface area contributed by atoms with Crippen molar-refractivity contribution in [3.63, 3.8) is 0 Å². The van der Waals surface area contributed by atoms with Gasteiger partial charge in [-0.25, -0.2) is 4.79 Å². The van der Waals surface area contributed by atoms with Crippen molar-refractivity contribution in [3.8, 4) is 0 Å². The van der Waals surface area contributed by atoms with Crippen molar-refractivity contribution in [1.82, 2.24) is 19.4 Å². The molecule has 3 rings (SSSR count). The second kappa shape index (κ2) is 9.16. The lowest BCUT2D eigenvalue weighted by Crippen LogP contribution is -2.46. The van der Waals surface area contributed by atoms with E-state index in [4.69, 9.17) is 4.74 Å².